The van der Waals surface area contributed by atoms with Crippen LogP contribution in [0.2, 0.25) is 0 Å². The van der Waals surface area contributed by atoms with Crippen molar-refractivity contribution in [2.24, 2.45) is 23.7 Å². The summed E-state index contributed by atoms with van der Waals surface area (Å²) >= 11 is 0. The van der Waals surface area contributed by atoms with Crippen molar-refractivity contribution >= 4 is 11.8 Å². The Morgan fingerprint density at radius 2 is 1.41 bits per heavy atom. The molecule has 2 N–H and O–H groups in total. The third-order valence-electron chi connectivity index (χ3n) is 3.77. The molecule has 0 aromatic rings. The first-order valence-electron chi connectivity index (χ1n) is 6.42. The fourth-order valence-electron chi connectivity index (χ4n) is 3.12. The van der Waals surface area contributed by atoms with Crippen LogP contribution in [0.15, 0.2) is 12.2 Å². The predicted molar refractivity (Wildman–Crippen MR) is 65.1 cm³/mol. The van der Waals surface area contributed by atoms with Crippen LogP contribution in [0.1, 0.15) is 20.3 Å². The van der Waals surface area contributed by atoms with E-state index in [4.69, 9.17) is 0 Å². The molecule has 0 unspecified atom stereocenters. The molecule has 2 bridgehead atoms. The lowest BCUT2D eigenvalue weighted by molar-refractivity contribution is -0.135. The van der Waals surface area contributed by atoms with E-state index in [0.29, 0.717) is 13.1 Å². The van der Waals surface area contributed by atoms with E-state index < -0.39 is 0 Å². The summed E-state index contributed by atoms with van der Waals surface area (Å²) in [5.41, 5.74) is 0. The van der Waals surface area contributed by atoms with Crippen LogP contribution in [0, 0.1) is 23.7 Å². The van der Waals surface area contributed by atoms with Crippen molar-refractivity contribution in [3.63, 3.8) is 0 Å². The molecular formula is C13H20N2O2. The smallest absolute Gasteiger partial charge is 0.224 e. The van der Waals surface area contributed by atoms with Gasteiger partial charge >= 0.3 is 0 Å². The largest absolute Gasteiger partial charge is 0.356 e. The standard InChI is InChI=1S/C13H20N2O2/c1-3-14-12(16)10-8-5-6-9(7-8)11(10)13(17)15-4-2/h5-6,8-11H,3-4,7H2,1-2H3,(H,14,16)(H,15,17)/t8-,9+,10-,11+. The maximum absolute atomic E-state index is 12.0. The summed E-state index contributed by atoms with van der Waals surface area (Å²) in [6, 6.07) is 0. The Labute approximate surface area is 102 Å². The van der Waals surface area contributed by atoms with Crippen LogP contribution >= 0.6 is 0 Å². The number of hydrogen-bond acceptors (Lipinski definition) is 2. The van der Waals surface area contributed by atoms with Crippen molar-refractivity contribution in [2.75, 3.05) is 13.1 Å². The van der Waals surface area contributed by atoms with Gasteiger partial charge in [-0.1, -0.05) is 12.2 Å². The second-order valence-corrected chi connectivity index (χ2v) is 4.79. The molecule has 0 spiro atoms. The van der Waals surface area contributed by atoms with Gasteiger partial charge in [-0.25, -0.2) is 0 Å². The van der Waals surface area contributed by atoms with Gasteiger partial charge in [0.1, 0.15) is 0 Å². The summed E-state index contributed by atoms with van der Waals surface area (Å²) in [4.78, 5) is 24.1. The van der Waals surface area contributed by atoms with E-state index in [-0.39, 0.29) is 35.5 Å². The van der Waals surface area contributed by atoms with Gasteiger partial charge in [-0.2, -0.15) is 0 Å². The molecule has 2 rings (SSSR count). The van der Waals surface area contributed by atoms with Gasteiger partial charge in [-0.15, -0.1) is 0 Å². The van der Waals surface area contributed by atoms with E-state index in [9.17, 15) is 9.59 Å². The molecule has 1 saturated carbocycles. The molecule has 2 aliphatic carbocycles. The SMILES string of the molecule is CCNC(=O)[C@@H]1[C@H](C(=O)NCC)[C@@H]2C=C[C@H]1C2. The van der Waals surface area contributed by atoms with Crippen molar-refractivity contribution in [1.29, 1.82) is 0 Å². The molecule has 17 heavy (non-hydrogen) atoms. The minimum atomic E-state index is -0.170. The predicted octanol–water partition coefficient (Wildman–Crippen LogP) is 0.697. The molecule has 4 atom stereocenters. The zero-order chi connectivity index (χ0) is 12.4. The first-order chi connectivity index (χ1) is 8.19. The van der Waals surface area contributed by atoms with Crippen LogP contribution in [-0.4, -0.2) is 24.9 Å². The normalized spacial score (nSPS) is 33.8. The quantitative estimate of drug-likeness (QED) is 0.706. The van der Waals surface area contributed by atoms with Gasteiger partial charge in [0.2, 0.25) is 11.8 Å². The Morgan fingerprint density at radius 3 is 1.76 bits per heavy atom. The zero-order valence-electron chi connectivity index (χ0n) is 10.4. The van der Waals surface area contributed by atoms with Gasteiger partial charge in [0.15, 0.2) is 0 Å². The van der Waals surface area contributed by atoms with Crippen molar-refractivity contribution in [3.8, 4) is 0 Å². The lowest BCUT2D eigenvalue weighted by Gasteiger charge is -2.25. The number of rotatable bonds is 4. The summed E-state index contributed by atoms with van der Waals surface area (Å²) in [6.07, 6.45) is 5.14. The average molecular weight is 236 g/mol. The molecule has 0 saturated heterocycles. The first-order valence-corrected chi connectivity index (χ1v) is 6.42. The zero-order valence-corrected chi connectivity index (χ0v) is 10.4. The Bertz CT molecular complexity index is 319. The van der Waals surface area contributed by atoms with E-state index in [1.807, 2.05) is 13.8 Å². The number of fused-ring (bicyclic) bond motifs is 2. The molecule has 0 heterocycles. The van der Waals surface area contributed by atoms with Gasteiger partial charge in [-0.05, 0) is 32.1 Å². The van der Waals surface area contributed by atoms with Crippen LogP contribution in [0.3, 0.4) is 0 Å². The number of allylic oxidation sites excluding steroid dienone is 2. The van der Waals surface area contributed by atoms with E-state index >= 15 is 0 Å². The lowest BCUT2D eigenvalue weighted by atomic mass is 9.81. The van der Waals surface area contributed by atoms with Gasteiger partial charge in [-0.3, -0.25) is 9.59 Å². The number of carbonyl (C=O) groups excluding carboxylic acids is 2. The molecule has 4 heteroatoms. The van der Waals surface area contributed by atoms with Crippen LogP contribution in [0.5, 0.6) is 0 Å². The minimum Gasteiger partial charge on any atom is -0.356 e. The van der Waals surface area contributed by atoms with Crippen LogP contribution in [0.25, 0.3) is 0 Å². The highest BCUT2D eigenvalue weighted by molar-refractivity contribution is 5.89. The van der Waals surface area contributed by atoms with E-state index in [2.05, 4.69) is 22.8 Å². The maximum Gasteiger partial charge on any atom is 0.224 e. The topological polar surface area (TPSA) is 58.2 Å². The third kappa shape index (κ3) is 2.08. The van der Waals surface area contributed by atoms with Gasteiger partial charge < -0.3 is 10.6 Å². The second kappa shape index (κ2) is 4.90. The van der Waals surface area contributed by atoms with Crippen LogP contribution < -0.4 is 10.6 Å². The van der Waals surface area contributed by atoms with Crippen molar-refractivity contribution < 1.29 is 9.59 Å². The molecule has 1 fully saturated rings. The molecule has 0 aromatic heterocycles. The van der Waals surface area contributed by atoms with Crippen LogP contribution in [0.4, 0.5) is 0 Å². The highest BCUT2D eigenvalue weighted by Gasteiger charge is 2.51. The molecule has 0 aromatic carbocycles. The van der Waals surface area contributed by atoms with Crippen molar-refractivity contribution in [3.05, 3.63) is 12.2 Å². The van der Waals surface area contributed by atoms with Gasteiger partial charge in [0, 0.05) is 13.1 Å². The highest BCUT2D eigenvalue weighted by atomic mass is 16.2. The van der Waals surface area contributed by atoms with E-state index in [1.165, 1.54) is 0 Å². The summed E-state index contributed by atoms with van der Waals surface area (Å²) < 4.78 is 0. The average Bonchev–Trinajstić information content (AvgIpc) is 2.89. The van der Waals surface area contributed by atoms with Crippen molar-refractivity contribution in [2.45, 2.75) is 20.3 Å². The number of hydrogen-bond donors (Lipinski definition) is 2. The monoisotopic (exact) mass is 236 g/mol. The van der Waals surface area contributed by atoms with E-state index in [1.54, 1.807) is 0 Å². The second-order valence-electron chi connectivity index (χ2n) is 4.79. The summed E-state index contributed by atoms with van der Waals surface area (Å²) in [6.45, 7) is 5.06. The van der Waals surface area contributed by atoms with Gasteiger partial charge in [0.05, 0.1) is 11.8 Å². The number of carbonyl (C=O) groups is 2. The molecule has 94 valence electrons. The molecule has 0 radical (unpaired) electrons. The van der Waals surface area contributed by atoms with Gasteiger partial charge in [0.25, 0.3) is 0 Å². The lowest BCUT2D eigenvalue weighted by Crippen LogP contribution is -2.44. The summed E-state index contributed by atoms with van der Waals surface area (Å²) in [7, 11) is 0. The highest BCUT2D eigenvalue weighted by Crippen LogP contribution is 2.48. The Hall–Kier alpha value is -1.32. The molecule has 2 aliphatic rings. The number of amides is 2. The third-order valence-corrected chi connectivity index (χ3v) is 3.77. The van der Waals surface area contributed by atoms with Crippen molar-refractivity contribution in [1.82, 2.24) is 10.6 Å². The molecule has 0 aliphatic heterocycles. The first kappa shape index (κ1) is 12.1. The molecular weight excluding hydrogens is 216 g/mol. The fourth-order valence-corrected chi connectivity index (χ4v) is 3.12. The number of nitrogens with one attached hydrogen (secondary N) is 2. The minimum absolute atomic E-state index is 0.0283. The van der Waals surface area contributed by atoms with E-state index in [0.717, 1.165) is 6.42 Å². The Morgan fingerprint density at radius 1 is 1.00 bits per heavy atom. The summed E-state index contributed by atoms with van der Waals surface area (Å²) in [5.74, 6) is 0.215. The molecule has 2 amide bonds. The summed E-state index contributed by atoms with van der Waals surface area (Å²) in [5, 5.41) is 5.69. The Kier molecular flexibility index (Phi) is 3.50. The fraction of sp³-hybridized carbons (Fsp3) is 0.692. The maximum atomic E-state index is 12.0. The molecule has 4 nitrogen and oxygen atoms in total. The van der Waals surface area contributed by atoms with Crippen LogP contribution in [-0.2, 0) is 9.59 Å². The Balaban J connectivity index is 2.14.